The quantitative estimate of drug-likeness (QED) is 0.470. The highest BCUT2D eigenvalue weighted by atomic mass is 14.5. The maximum absolute atomic E-state index is 9.70. The third kappa shape index (κ3) is 4.74. The molecule has 2 saturated carbocycles. The molecule has 0 spiro atoms. The maximum atomic E-state index is 9.70. The standard InChI is InChI=1S/C21H37N/c1-3-5-6-8-18-10-12-19(13-11-18)20-9-7-15-21(16-20,17-22)14-4-2/h18-20H,3-16H2,1-2H3/t18-,19-,20?,21?. The van der Waals surface area contributed by atoms with Crippen LogP contribution in [0.5, 0.6) is 0 Å². The van der Waals surface area contributed by atoms with Gasteiger partial charge in [0.15, 0.2) is 0 Å². The van der Waals surface area contributed by atoms with Crippen LogP contribution in [0.25, 0.3) is 0 Å². The molecule has 2 atom stereocenters. The van der Waals surface area contributed by atoms with Gasteiger partial charge in [0.25, 0.3) is 0 Å². The maximum Gasteiger partial charge on any atom is 0.0689 e. The number of rotatable bonds is 7. The summed E-state index contributed by atoms with van der Waals surface area (Å²) in [5, 5.41) is 9.70. The summed E-state index contributed by atoms with van der Waals surface area (Å²) in [4.78, 5) is 0. The van der Waals surface area contributed by atoms with Crippen LogP contribution in [0.1, 0.15) is 104 Å². The summed E-state index contributed by atoms with van der Waals surface area (Å²) in [6.45, 7) is 4.54. The van der Waals surface area contributed by atoms with E-state index in [4.69, 9.17) is 0 Å². The molecule has 0 aromatic heterocycles. The molecule has 0 bridgehead atoms. The molecule has 0 radical (unpaired) electrons. The zero-order chi connectivity index (χ0) is 15.8. The average molecular weight is 304 g/mol. The topological polar surface area (TPSA) is 23.8 Å². The Morgan fingerprint density at radius 1 is 0.955 bits per heavy atom. The van der Waals surface area contributed by atoms with Crippen LogP contribution in [-0.2, 0) is 0 Å². The molecule has 0 amide bonds. The highest BCUT2D eigenvalue weighted by molar-refractivity contribution is 5.02. The van der Waals surface area contributed by atoms with Crippen LogP contribution in [-0.4, -0.2) is 0 Å². The smallest absolute Gasteiger partial charge is 0.0689 e. The van der Waals surface area contributed by atoms with E-state index in [-0.39, 0.29) is 5.41 Å². The van der Waals surface area contributed by atoms with Gasteiger partial charge in [-0.1, -0.05) is 71.6 Å². The first-order valence-electron chi connectivity index (χ1n) is 10.1. The van der Waals surface area contributed by atoms with Crippen molar-refractivity contribution in [1.82, 2.24) is 0 Å². The number of nitriles is 1. The second kappa shape index (κ2) is 8.95. The monoisotopic (exact) mass is 303 g/mol. The van der Waals surface area contributed by atoms with Gasteiger partial charge in [0.05, 0.1) is 11.5 Å². The van der Waals surface area contributed by atoms with Gasteiger partial charge in [-0.3, -0.25) is 0 Å². The van der Waals surface area contributed by atoms with Gasteiger partial charge in [0.1, 0.15) is 0 Å². The highest BCUT2D eigenvalue weighted by Crippen LogP contribution is 2.48. The molecule has 2 fully saturated rings. The number of hydrogen-bond donors (Lipinski definition) is 0. The van der Waals surface area contributed by atoms with Gasteiger partial charge in [0.2, 0.25) is 0 Å². The first-order valence-corrected chi connectivity index (χ1v) is 10.1. The van der Waals surface area contributed by atoms with Crippen molar-refractivity contribution in [3.63, 3.8) is 0 Å². The molecule has 0 aliphatic heterocycles. The molecule has 0 N–H and O–H groups in total. The molecule has 0 saturated heterocycles. The Balaban J connectivity index is 1.80. The molecule has 0 heterocycles. The summed E-state index contributed by atoms with van der Waals surface area (Å²) in [5.41, 5.74) is 0.0373. The first-order chi connectivity index (χ1) is 10.7. The largest absolute Gasteiger partial charge is 0.198 e. The fraction of sp³-hybridized carbons (Fsp3) is 0.952. The zero-order valence-electron chi connectivity index (χ0n) is 15.1. The van der Waals surface area contributed by atoms with E-state index >= 15 is 0 Å². The molecule has 0 aromatic carbocycles. The molecule has 2 unspecified atom stereocenters. The summed E-state index contributed by atoms with van der Waals surface area (Å²) in [5.74, 6) is 2.81. The van der Waals surface area contributed by atoms with Crippen LogP contribution < -0.4 is 0 Å². The van der Waals surface area contributed by atoms with Crippen molar-refractivity contribution in [1.29, 1.82) is 5.26 Å². The van der Waals surface area contributed by atoms with Gasteiger partial charge in [0, 0.05) is 0 Å². The molecule has 22 heavy (non-hydrogen) atoms. The van der Waals surface area contributed by atoms with Crippen molar-refractivity contribution in [2.24, 2.45) is 23.2 Å². The fourth-order valence-corrected chi connectivity index (χ4v) is 5.31. The minimum atomic E-state index is 0.0373. The van der Waals surface area contributed by atoms with Gasteiger partial charge in [-0.15, -0.1) is 0 Å². The Morgan fingerprint density at radius 2 is 1.73 bits per heavy atom. The Bertz CT molecular complexity index is 343. The third-order valence-electron chi connectivity index (χ3n) is 6.62. The van der Waals surface area contributed by atoms with Crippen LogP contribution in [0.15, 0.2) is 0 Å². The lowest BCUT2D eigenvalue weighted by atomic mass is 9.62. The summed E-state index contributed by atoms with van der Waals surface area (Å²) in [6.07, 6.45) is 18.9. The van der Waals surface area contributed by atoms with E-state index in [1.54, 1.807) is 0 Å². The lowest BCUT2D eigenvalue weighted by Gasteiger charge is -2.41. The van der Waals surface area contributed by atoms with Crippen LogP contribution in [0.2, 0.25) is 0 Å². The molecular formula is C21H37N. The Morgan fingerprint density at radius 3 is 2.36 bits per heavy atom. The van der Waals surface area contributed by atoms with Crippen LogP contribution in [0.3, 0.4) is 0 Å². The summed E-state index contributed by atoms with van der Waals surface area (Å²) >= 11 is 0. The molecule has 1 nitrogen and oxygen atoms in total. The second-order valence-corrected chi connectivity index (χ2v) is 8.28. The molecule has 1 heteroatoms. The molecular weight excluding hydrogens is 266 g/mol. The summed E-state index contributed by atoms with van der Waals surface area (Å²) in [6, 6.07) is 2.73. The normalized spacial score (nSPS) is 36.0. The van der Waals surface area contributed by atoms with E-state index < -0.39 is 0 Å². The second-order valence-electron chi connectivity index (χ2n) is 8.28. The van der Waals surface area contributed by atoms with E-state index in [1.807, 2.05) is 0 Å². The third-order valence-corrected chi connectivity index (χ3v) is 6.62. The van der Waals surface area contributed by atoms with Crippen LogP contribution in [0, 0.1) is 34.5 Å². The van der Waals surface area contributed by atoms with Gasteiger partial charge >= 0.3 is 0 Å². The minimum Gasteiger partial charge on any atom is -0.198 e. The number of hydrogen-bond acceptors (Lipinski definition) is 1. The van der Waals surface area contributed by atoms with Crippen molar-refractivity contribution in [3.05, 3.63) is 0 Å². The van der Waals surface area contributed by atoms with Crippen molar-refractivity contribution < 1.29 is 0 Å². The van der Waals surface area contributed by atoms with Crippen LogP contribution in [0.4, 0.5) is 0 Å². The van der Waals surface area contributed by atoms with Crippen molar-refractivity contribution >= 4 is 0 Å². The Labute approximate surface area is 138 Å². The molecule has 2 aliphatic rings. The lowest BCUT2D eigenvalue weighted by Crippen LogP contribution is -2.32. The highest BCUT2D eigenvalue weighted by Gasteiger charge is 2.39. The Kier molecular flexibility index (Phi) is 7.26. The number of unbranched alkanes of at least 4 members (excludes halogenated alkanes) is 2. The van der Waals surface area contributed by atoms with Gasteiger partial charge in [-0.05, 0) is 49.9 Å². The van der Waals surface area contributed by atoms with Crippen molar-refractivity contribution in [2.45, 2.75) is 104 Å². The predicted octanol–water partition coefficient (Wildman–Crippen LogP) is 6.87. The first kappa shape index (κ1) is 17.8. The van der Waals surface area contributed by atoms with Gasteiger partial charge in [-0.25, -0.2) is 0 Å². The minimum absolute atomic E-state index is 0.0373. The SMILES string of the molecule is CCCCC[C@H]1CC[C@H](C2CCCC(C#N)(CCC)C2)CC1. The van der Waals surface area contributed by atoms with Gasteiger partial charge in [-0.2, -0.15) is 5.26 Å². The average Bonchev–Trinajstić information content (AvgIpc) is 2.56. The molecule has 126 valence electrons. The summed E-state index contributed by atoms with van der Waals surface area (Å²) < 4.78 is 0. The van der Waals surface area contributed by atoms with Crippen molar-refractivity contribution in [3.8, 4) is 6.07 Å². The predicted molar refractivity (Wildman–Crippen MR) is 94.5 cm³/mol. The van der Waals surface area contributed by atoms with Crippen molar-refractivity contribution in [2.75, 3.05) is 0 Å². The van der Waals surface area contributed by atoms with E-state index in [2.05, 4.69) is 19.9 Å². The van der Waals surface area contributed by atoms with E-state index in [1.165, 1.54) is 83.5 Å². The lowest BCUT2D eigenvalue weighted by molar-refractivity contribution is 0.103. The molecule has 2 aliphatic carbocycles. The van der Waals surface area contributed by atoms with Crippen LogP contribution >= 0.6 is 0 Å². The van der Waals surface area contributed by atoms with E-state index in [0.29, 0.717) is 0 Å². The van der Waals surface area contributed by atoms with Gasteiger partial charge < -0.3 is 0 Å². The van der Waals surface area contributed by atoms with E-state index in [0.717, 1.165) is 24.2 Å². The summed E-state index contributed by atoms with van der Waals surface area (Å²) in [7, 11) is 0. The molecule has 0 aromatic rings. The number of nitrogens with zero attached hydrogens (tertiary/aromatic N) is 1. The molecule has 2 rings (SSSR count). The van der Waals surface area contributed by atoms with E-state index in [9.17, 15) is 5.26 Å². The zero-order valence-corrected chi connectivity index (χ0v) is 15.1. The fourth-order valence-electron chi connectivity index (χ4n) is 5.31. The Hall–Kier alpha value is -0.510.